The first-order valence-electron chi connectivity index (χ1n) is 11.0. The van der Waals surface area contributed by atoms with E-state index < -0.39 is 6.10 Å². The standard InChI is InChI=1S/C25H30N2O4/c1-17-2-6-19(7-3-17)24(30)13-21(28)8-4-18-5-9-23(29)25(12-18)31-16-27-14-20-10-11-26-22(20)15-27/h2,5-6,9-12,14,17,19,24,29-30H,3-4,7-8,13,15-16H2,1H3/t17-,19-,24+/m1/s1. The van der Waals surface area contributed by atoms with Crippen LogP contribution in [0.25, 0.3) is 0 Å². The fraction of sp³-hybridized carbons (Fsp3) is 0.440. The minimum absolute atomic E-state index is 0.0547. The number of hydrogen-bond acceptors (Lipinski definition) is 6. The Hall–Kier alpha value is -2.86. The number of aromatic hydroxyl groups is 1. The van der Waals surface area contributed by atoms with Crippen molar-refractivity contribution in [1.29, 1.82) is 0 Å². The summed E-state index contributed by atoms with van der Waals surface area (Å²) in [6.07, 6.45) is 12.4. The summed E-state index contributed by atoms with van der Waals surface area (Å²) in [5, 5.41) is 20.5. The van der Waals surface area contributed by atoms with Gasteiger partial charge < -0.3 is 19.8 Å². The Morgan fingerprint density at radius 2 is 2.19 bits per heavy atom. The van der Waals surface area contributed by atoms with Crippen molar-refractivity contribution < 1.29 is 19.7 Å². The van der Waals surface area contributed by atoms with E-state index in [1.807, 2.05) is 17.2 Å². The van der Waals surface area contributed by atoms with E-state index in [1.165, 1.54) is 0 Å². The Kier molecular flexibility index (Phi) is 6.56. The van der Waals surface area contributed by atoms with Gasteiger partial charge in [-0.25, -0.2) is 0 Å². The van der Waals surface area contributed by atoms with E-state index in [1.54, 1.807) is 24.4 Å². The van der Waals surface area contributed by atoms with Gasteiger partial charge in [0.2, 0.25) is 0 Å². The van der Waals surface area contributed by atoms with Crippen molar-refractivity contribution in [2.45, 2.75) is 45.1 Å². The average molecular weight is 423 g/mol. The summed E-state index contributed by atoms with van der Waals surface area (Å²) in [4.78, 5) is 18.7. The molecule has 2 N–H and O–H groups in total. The molecule has 2 heterocycles. The van der Waals surface area contributed by atoms with Gasteiger partial charge in [-0.1, -0.05) is 25.1 Å². The molecule has 0 aromatic heterocycles. The molecule has 6 nitrogen and oxygen atoms in total. The molecule has 3 atom stereocenters. The summed E-state index contributed by atoms with van der Waals surface area (Å²) in [7, 11) is 0. The molecular weight excluding hydrogens is 392 g/mol. The summed E-state index contributed by atoms with van der Waals surface area (Å²) in [6.45, 7) is 3.17. The van der Waals surface area contributed by atoms with Crippen LogP contribution in [-0.2, 0) is 11.2 Å². The Morgan fingerprint density at radius 3 is 2.97 bits per heavy atom. The third-order valence-corrected chi connectivity index (χ3v) is 6.17. The summed E-state index contributed by atoms with van der Waals surface area (Å²) in [5.41, 5.74) is 3.05. The van der Waals surface area contributed by atoms with Crippen molar-refractivity contribution in [3.05, 3.63) is 60.0 Å². The number of aliphatic imine (C=N–C) groups is 1. The quantitative estimate of drug-likeness (QED) is 0.592. The average Bonchev–Trinajstić information content (AvgIpc) is 3.34. The largest absolute Gasteiger partial charge is 0.504 e. The lowest BCUT2D eigenvalue weighted by atomic mass is 9.84. The Morgan fingerprint density at radius 1 is 1.32 bits per heavy atom. The van der Waals surface area contributed by atoms with Crippen molar-refractivity contribution in [1.82, 2.24) is 4.90 Å². The van der Waals surface area contributed by atoms with Gasteiger partial charge in [0.25, 0.3) is 0 Å². The molecule has 3 aliphatic rings. The predicted octanol–water partition coefficient (Wildman–Crippen LogP) is 3.75. The van der Waals surface area contributed by atoms with E-state index in [9.17, 15) is 15.0 Å². The van der Waals surface area contributed by atoms with E-state index in [2.05, 4.69) is 24.1 Å². The van der Waals surface area contributed by atoms with E-state index >= 15 is 0 Å². The summed E-state index contributed by atoms with van der Waals surface area (Å²) < 4.78 is 5.81. The van der Waals surface area contributed by atoms with Crippen LogP contribution >= 0.6 is 0 Å². The molecule has 0 spiro atoms. The van der Waals surface area contributed by atoms with Gasteiger partial charge in [-0.3, -0.25) is 9.79 Å². The lowest BCUT2D eigenvalue weighted by molar-refractivity contribution is -0.121. The van der Waals surface area contributed by atoms with Crippen molar-refractivity contribution in [2.24, 2.45) is 16.8 Å². The molecule has 31 heavy (non-hydrogen) atoms. The van der Waals surface area contributed by atoms with Gasteiger partial charge in [-0.15, -0.1) is 0 Å². The summed E-state index contributed by atoms with van der Waals surface area (Å²) in [6, 6.07) is 5.19. The van der Waals surface area contributed by atoms with Gasteiger partial charge in [0.1, 0.15) is 5.78 Å². The first-order chi connectivity index (χ1) is 15.0. The lowest BCUT2D eigenvalue weighted by Gasteiger charge is -2.24. The van der Waals surface area contributed by atoms with Crippen molar-refractivity contribution in [2.75, 3.05) is 13.3 Å². The molecule has 0 saturated carbocycles. The third kappa shape index (κ3) is 5.44. The van der Waals surface area contributed by atoms with E-state index in [-0.39, 0.29) is 23.9 Å². The number of Topliss-reactive ketones (excluding diaryl/α,β-unsaturated/α-hetero) is 1. The zero-order valence-corrected chi connectivity index (χ0v) is 17.9. The number of carbonyl (C=O) groups is 1. The Balaban J connectivity index is 1.26. The van der Waals surface area contributed by atoms with Crippen LogP contribution in [0.4, 0.5) is 0 Å². The number of benzene rings is 1. The van der Waals surface area contributed by atoms with Gasteiger partial charge in [-0.2, -0.15) is 0 Å². The number of ketones is 1. The Labute approximate surface area is 183 Å². The smallest absolute Gasteiger partial charge is 0.163 e. The molecule has 0 unspecified atom stereocenters. The van der Waals surface area contributed by atoms with Crippen LogP contribution in [-0.4, -0.2) is 46.0 Å². The normalized spacial score (nSPS) is 22.8. The van der Waals surface area contributed by atoms with Crippen LogP contribution in [0.3, 0.4) is 0 Å². The summed E-state index contributed by atoms with van der Waals surface area (Å²) in [5.74, 6) is 1.17. The highest BCUT2D eigenvalue weighted by molar-refractivity contribution is 6.07. The maximum Gasteiger partial charge on any atom is 0.163 e. The molecule has 0 amide bonds. The van der Waals surface area contributed by atoms with Gasteiger partial charge in [0.05, 0.1) is 18.4 Å². The molecule has 1 aliphatic carbocycles. The molecule has 0 saturated heterocycles. The molecule has 4 rings (SSSR count). The number of carbonyl (C=O) groups excluding carboxylic acids is 1. The molecule has 6 heteroatoms. The molecule has 0 radical (unpaired) electrons. The highest BCUT2D eigenvalue weighted by atomic mass is 16.5. The van der Waals surface area contributed by atoms with Crippen LogP contribution in [0.1, 0.15) is 38.2 Å². The molecule has 164 valence electrons. The third-order valence-electron chi connectivity index (χ3n) is 6.17. The molecule has 1 aromatic rings. The monoisotopic (exact) mass is 422 g/mol. The second-order valence-electron chi connectivity index (χ2n) is 8.71. The number of nitrogens with zero attached hydrogens (tertiary/aromatic N) is 2. The number of fused-ring (bicyclic) bond motifs is 1. The highest BCUT2D eigenvalue weighted by Crippen LogP contribution is 2.29. The van der Waals surface area contributed by atoms with Gasteiger partial charge in [0.15, 0.2) is 18.2 Å². The van der Waals surface area contributed by atoms with Crippen LogP contribution in [0, 0.1) is 11.8 Å². The van der Waals surface area contributed by atoms with Crippen LogP contribution in [0.5, 0.6) is 11.5 Å². The predicted molar refractivity (Wildman–Crippen MR) is 120 cm³/mol. The van der Waals surface area contributed by atoms with E-state index in [0.29, 0.717) is 37.8 Å². The van der Waals surface area contributed by atoms with Gasteiger partial charge in [-0.05, 0) is 49.0 Å². The zero-order valence-electron chi connectivity index (χ0n) is 17.9. The van der Waals surface area contributed by atoms with Gasteiger partial charge >= 0.3 is 0 Å². The Bertz CT molecular complexity index is 947. The first kappa shape index (κ1) is 21.4. The minimum atomic E-state index is -0.608. The zero-order chi connectivity index (χ0) is 21.8. The highest BCUT2D eigenvalue weighted by Gasteiger charge is 2.23. The molecule has 2 aliphatic heterocycles. The number of aryl methyl sites for hydroxylation is 1. The number of ether oxygens (including phenoxy) is 1. The van der Waals surface area contributed by atoms with Crippen molar-refractivity contribution >= 4 is 11.5 Å². The van der Waals surface area contributed by atoms with Crippen LogP contribution in [0.2, 0.25) is 0 Å². The number of aliphatic hydroxyl groups excluding tert-OH is 1. The first-order valence-corrected chi connectivity index (χ1v) is 11.0. The molecule has 1 aromatic carbocycles. The number of allylic oxidation sites excluding steroid dienone is 2. The maximum atomic E-state index is 12.4. The molecule has 0 fully saturated rings. The summed E-state index contributed by atoms with van der Waals surface area (Å²) >= 11 is 0. The number of phenols is 1. The fourth-order valence-electron chi connectivity index (χ4n) is 4.20. The SMILES string of the molecule is C[C@@H]1C=C[C@@H]([C@@H](O)CC(=O)CCc2ccc(O)c(OCN3C=C4C=CN=C4C3)c2)CC1. The number of phenolic OH excluding ortho intramolecular Hbond substituents is 1. The number of aliphatic hydroxyl groups is 1. The topological polar surface area (TPSA) is 82.4 Å². The number of hydrogen-bond donors (Lipinski definition) is 2. The van der Waals surface area contributed by atoms with Crippen LogP contribution in [0.15, 0.2) is 59.4 Å². The minimum Gasteiger partial charge on any atom is -0.504 e. The fourth-order valence-corrected chi connectivity index (χ4v) is 4.20. The van der Waals surface area contributed by atoms with E-state index in [4.69, 9.17) is 4.74 Å². The van der Waals surface area contributed by atoms with Gasteiger partial charge in [0, 0.05) is 36.7 Å². The molecular formula is C25H30N2O4. The maximum absolute atomic E-state index is 12.4. The van der Waals surface area contributed by atoms with Crippen molar-refractivity contribution in [3.63, 3.8) is 0 Å². The second-order valence-corrected chi connectivity index (χ2v) is 8.71. The lowest BCUT2D eigenvalue weighted by Crippen LogP contribution is -2.24. The van der Waals surface area contributed by atoms with E-state index in [0.717, 1.165) is 29.7 Å². The van der Waals surface area contributed by atoms with Crippen LogP contribution < -0.4 is 4.74 Å². The second kappa shape index (κ2) is 9.52. The number of rotatable bonds is 9. The van der Waals surface area contributed by atoms with Crippen molar-refractivity contribution in [3.8, 4) is 11.5 Å². The molecule has 0 bridgehead atoms.